The molecule has 1 aromatic rings. The van der Waals surface area contributed by atoms with Gasteiger partial charge in [0.2, 0.25) is 0 Å². The fourth-order valence-corrected chi connectivity index (χ4v) is 2.69. The van der Waals surface area contributed by atoms with Crippen LogP contribution in [0.1, 0.15) is 50.3 Å². The number of rotatable bonds is 3. The Balaban J connectivity index is 1.91. The number of nitriles is 1. The lowest BCUT2D eigenvalue weighted by molar-refractivity contribution is 0.356. The van der Waals surface area contributed by atoms with Crippen molar-refractivity contribution < 1.29 is 0 Å². The Hall–Kier alpha value is -1.40. The molecule has 1 aliphatic rings. The van der Waals surface area contributed by atoms with Gasteiger partial charge in [0.1, 0.15) is 11.8 Å². The van der Waals surface area contributed by atoms with Crippen molar-refractivity contribution in [3.8, 4) is 6.07 Å². The van der Waals surface area contributed by atoms with Gasteiger partial charge in [-0.15, -0.1) is 0 Å². The molecule has 2 atom stereocenters. The van der Waals surface area contributed by atoms with E-state index in [0.717, 1.165) is 18.0 Å². The molecule has 1 N–H and O–H groups in total. The molecule has 1 aromatic heterocycles. The summed E-state index contributed by atoms with van der Waals surface area (Å²) in [5.74, 6) is 0.754. The van der Waals surface area contributed by atoms with Crippen LogP contribution < -0.4 is 5.32 Å². The monoisotopic (exact) mass is 243 g/mol. The summed E-state index contributed by atoms with van der Waals surface area (Å²) in [4.78, 5) is 3.99. The third-order valence-corrected chi connectivity index (χ3v) is 3.87. The molecule has 0 aliphatic heterocycles. The highest BCUT2D eigenvalue weighted by Crippen LogP contribution is 2.23. The van der Waals surface area contributed by atoms with E-state index in [1.165, 1.54) is 32.1 Å². The van der Waals surface area contributed by atoms with Gasteiger partial charge in [-0.05, 0) is 36.5 Å². The first kappa shape index (κ1) is 13.0. The van der Waals surface area contributed by atoms with Gasteiger partial charge in [0, 0.05) is 18.8 Å². The number of nitrogens with one attached hydrogen (secondary N) is 1. The summed E-state index contributed by atoms with van der Waals surface area (Å²) in [5.41, 5.74) is 1.65. The van der Waals surface area contributed by atoms with Crippen molar-refractivity contribution in [1.29, 1.82) is 5.26 Å². The molecule has 3 nitrogen and oxygen atoms in total. The van der Waals surface area contributed by atoms with Gasteiger partial charge in [-0.3, -0.25) is 0 Å². The molecule has 18 heavy (non-hydrogen) atoms. The molecule has 1 aliphatic carbocycles. The largest absolute Gasteiger partial charge is 0.310 e. The Morgan fingerprint density at radius 1 is 1.39 bits per heavy atom. The number of pyridine rings is 1. The molecular weight excluding hydrogens is 222 g/mol. The smallest absolute Gasteiger partial charge is 0.140 e. The number of aromatic nitrogens is 1. The quantitative estimate of drug-likeness (QED) is 0.830. The average Bonchev–Trinajstić information content (AvgIpc) is 2.61. The van der Waals surface area contributed by atoms with Gasteiger partial charge in [0.15, 0.2) is 0 Å². The minimum atomic E-state index is 0.503. The zero-order valence-corrected chi connectivity index (χ0v) is 11.0. The van der Waals surface area contributed by atoms with Crippen LogP contribution >= 0.6 is 0 Å². The average molecular weight is 243 g/mol. The zero-order valence-electron chi connectivity index (χ0n) is 11.0. The third kappa shape index (κ3) is 3.54. The van der Waals surface area contributed by atoms with E-state index in [2.05, 4.69) is 23.3 Å². The van der Waals surface area contributed by atoms with Crippen LogP contribution in [0.3, 0.4) is 0 Å². The standard InChI is InChI=1S/C15H21N3/c1-12-5-3-2-4-6-15(12)18-11-13-7-8-17-14(9-13)10-16/h7-9,12,15,18H,2-6,11H2,1H3. The minimum absolute atomic E-state index is 0.503. The summed E-state index contributed by atoms with van der Waals surface area (Å²) in [7, 11) is 0. The van der Waals surface area contributed by atoms with Crippen molar-refractivity contribution in [3.63, 3.8) is 0 Å². The first-order valence-electron chi connectivity index (χ1n) is 6.88. The molecule has 0 radical (unpaired) electrons. The maximum Gasteiger partial charge on any atom is 0.140 e. The van der Waals surface area contributed by atoms with E-state index in [-0.39, 0.29) is 0 Å². The Labute approximate surface area is 109 Å². The van der Waals surface area contributed by atoms with Crippen LogP contribution in [0.25, 0.3) is 0 Å². The van der Waals surface area contributed by atoms with Crippen LogP contribution in [-0.2, 0) is 6.54 Å². The molecule has 1 fully saturated rings. The van der Waals surface area contributed by atoms with Gasteiger partial charge in [-0.2, -0.15) is 5.26 Å². The van der Waals surface area contributed by atoms with Crippen LogP contribution in [0.2, 0.25) is 0 Å². The van der Waals surface area contributed by atoms with Crippen molar-refractivity contribution >= 4 is 0 Å². The maximum absolute atomic E-state index is 8.83. The van der Waals surface area contributed by atoms with Crippen molar-refractivity contribution in [2.45, 2.75) is 51.6 Å². The molecule has 0 amide bonds. The predicted octanol–water partition coefficient (Wildman–Crippen LogP) is 3.01. The lowest BCUT2D eigenvalue weighted by Crippen LogP contribution is -2.33. The van der Waals surface area contributed by atoms with Gasteiger partial charge in [0.05, 0.1) is 0 Å². The van der Waals surface area contributed by atoms with Gasteiger partial charge in [0.25, 0.3) is 0 Å². The third-order valence-electron chi connectivity index (χ3n) is 3.87. The van der Waals surface area contributed by atoms with Crippen molar-refractivity contribution in [1.82, 2.24) is 10.3 Å². The van der Waals surface area contributed by atoms with Gasteiger partial charge in [-0.25, -0.2) is 4.98 Å². The highest BCUT2D eigenvalue weighted by molar-refractivity contribution is 5.25. The second kappa shape index (κ2) is 6.51. The van der Waals surface area contributed by atoms with Gasteiger partial charge < -0.3 is 5.32 Å². The normalized spacial score (nSPS) is 24.2. The van der Waals surface area contributed by atoms with E-state index in [1.54, 1.807) is 6.20 Å². The SMILES string of the molecule is CC1CCCCCC1NCc1ccnc(C#N)c1. The van der Waals surface area contributed by atoms with E-state index < -0.39 is 0 Å². The highest BCUT2D eigenvalue weighted by Gasteiger charge is 2.18. The molecule has 3 heteroatoms. The molecule has 1 heterocycles. The van der Waals surface area contributed by atoms with E-state index in [9.17, 15) is 0 Å². The Morgan fingerprint density at radius 3 is 3.06 bits per heavy atom. The Kier molecular flexibility index (Phi) is 4.72. The number of nitrogens with zero attached hydrogens (tertiary/aromatic N) is 2. The van der Waals surface area contributed by atoms with Gasteiger partial charge in [-0.1, -0.05) is 26.2 Å². The Bertz CT molecular complexity index is 422. The summed E-state index contributed by atoms with van der Waals surface area (Å²) < 4.78 is 0. The summed E-state index contributed by atoms with van der Waals surface area (Å²) in [6, 6.07) is 6.55. The fourth-order valence-electron chi connectivity index (χ4n) is 2.69. The molecule has 0 bridgehead atoms. The molecule has 0 spiro atoms. The second-order valence-electron chi connectivity index (χ2n) is 5.26. The summed E-state index contributed by atoms with van der Waals surface area (Å²) >= 11 is 0. The number of hydrogen-bond acceptors (Lipinski definition) is 3. The molecule has 2 rings (SSSR count). The molecule has 2 unspecified atom stereocenters. The fraction of sp³-hybridized carbons (Fsp3) is 0.600. The Morgan fingerprint density at radius 2 is 2.22 bits per heavy atom. The maximum atomic E-state index is 8.83. The van der Waals surface area contributed by atoms with Crippen LogP contribution in [0.15, 0.2) is 18.3 Å². The molecule has 0 aromatic carbocycles. The summed E-state index contributed by atoms with van der Waals surface area (Å²) in [6.07, 6.45) is 8.40. The highest BCUT2D eigenvalue weighted by atomic mass is 14.9. The topological polar surface area (TPSA) is 48.7 Å². The van der Waals surface area contributed by atoms with E-state index in [1.807, 2.05) is 12.1 Å². The van der Waals surface area contributed by atoms with Crippen LogP contribution in [0.4, 0.5) is 0 Å². The summed E-state index contributed by atoms with van der Waals surface area (Å²) in [6.45, 7) is 3.18. The lowest BCUT2D eigenvalue weighted by Gasteiger charge is -2.22. The van der Waals surface area contributed by atoms with Crippen LogP contribution in [0.5, 0.6) is 0 Å². The van der Waals surface area contributed by atoms with E-state index >= 15 is 0 Å². The van der Waals surface area contributed by atoms with Crippen molar-refractivity contribution in [2.75, 3.05) is 0 Å². The summed E-state index contributed by atoms with van der Waals surface area (Å²) in [5, 5.41) is 12.5. The first-order chi connectivity index (χ1) is 8.79. The minimum Gasteiger partial charge on any atom is -0.310 e. The predicted molar refractivity (Wildman–Crippen MR) is 71.8 cm³/mol. The van der Waals surface area contributed by atoms with Crippen molar-refractivity contribution in [2.24, 2.45) is 5.92 Å². The van der Waals surface area contributed by atoms with E-state index in [4.69, 9.17) is 5.26 Å². The van der Waals surface area contributed by atoms with Crippen molar-refractivity contribution in [3.05, 3.63) is 29.6 Å². The first-order valence-corrected chi connectivity index (χ1v) is 6.88. The molecule has 0 saturated heterocycles. The van der Waals surface area contributed by atoms with Crippen LogP contribution in [-0.4, -0.2) is 11.0 Å². The lowest BCUT2D eigenvalue weighted by atomic mass is 9.97. The van der Waals surface area contributed by atoms with Gasteiger partial charge >= 0.3 is 0 Å². The molecular formula is C15H21N3. The number of hydrogen-bond donors (Lipinski definition) is 1. The van der Waals surface area contributed by atoms with Crippen LogP contribution in [0, 0.1) is 17.2 Å². The molecule has 96 valence electrons. The molecule has 1 saturated carbocycles. The second-order valence-corrected chi connectivity index (χ2v) is 5.26. The van der Waals surface area contributed by atoms with E-state index in [0.29, 0.717) is 11.7 Å². The zero-order chi connectivity index (χ0) is 12.8.